The number of ether oxygens (including phenoxy) is 1. The number of carbonyl (C=O) groups excluding carboxylic acids is 1. The molecule has 4 heteroatoms. The summed E-state index contributed by atoms with van der Waals surface area (Å²) >= 11 is 1.87. The Hall–Kier alpha value is -0.220. The summed E-state index contributed by atoms with van der Waals surface area (Å²) in [6.45, 7) is 8.20. The van der Waals surface area contributed by atoms with Crippen molar-refractivity contribution in [3.63, 3.8) is 0 Å². The summed E-state index contributed by atoms with van der Waals surface area (Å²) in [6.07, 6.45) is 3.94. The molecule has 4 unspecified atom stereocenters. The first kappa shape index (κ1) is 14.4. The van der Waals surface area contributed by atoms with E-state index in [1.165, 1.54) is 12.8 Å². The van der Waals surface area contributed by atoms with Gasteiger partial charge in [0.05, 0.1) is 0 Å². The topological polar surface area (TPSA) is 29.5 Å². The Morgan fingerprint density at radius 1 is 1.33 bits per heavy atom. The van der Waals surface area contributed by atoms with Crippen molar-refractivity contribution < 1.29 is 9.53 Å². The predicted molar refractivity (Wildman–Crippen MR) is 85.3 cm³/mol. The van der Waals surface area contributed by atoms with Gasteiger partial charge in [-0.1, -0.05) is 20.8 Å². The molecule has 0 amide bonds. The minimum Gasteiger partial charge on any atom is -0.461 e. The van der Waals surface area contributed by atoms with Crippen molar-refractivity contribution in [2.24, 2.45) is 22.2 Å². The lowest BCUT2D eigenvalue weighted by atomic mass is 9.64. The molecule has 0 radical (unpaired) electrons. The van der Waals surface area contributed by atoms with Gasteiger partial charge in [0.15, 0.2) is 0 Å². The van der Waals surface area contributed by atoms with Crippen LogP contribution < -0.4 is 0 Å². The lowest BCUT2D eigenvalue weighted by molar-refractivity contribution is -0.175. The van der Waals surface area contributed by atoms with Crippen LogP contribution in [0.2, 0.25) is 0 Å². The lowest BCUT2D eigenvalue weighted by Gasteiger charge is -2.47. The van der Waals surface area contributed by atoms with E-state index in [0.717, 1.165) is 30.4 Å². The van der Waals surface area contributed by atoms with Crippen molar-refractivity contribution >= 4 is 17.7 Å². The van der Waals surface area contributed by atoms with E-state index in [-0.39, 0.29) is 18.1 Å². The SMILES string of the molecule is CN1CCSCC1C(=O)OC1CC2CC[C@]3(C)C(C)(C)C213. The van der Waals surface area contributed by atoms with Crippen molar-refractivity contribution in [1.29, 1.82) is 0 Å². The van der Waals surface area contributed by atoms with Crippen LogP contribution in [0.4, 0.5) is 0 Å². The quantitative estimate of drug-likeness (QED) is 0.734. The summed E-state index contributed by atoms with van der Waals surface area (Å²) in [7, 11) is 2.05. The van der Waals surface area contributed by atoms with E-state index in [1.807, 2.05) is 18.8 Å². The average molecular weight is 309 g/mol. The van der Waals surface area contributed by atoms with Crippen LogP contribution in [0.15, 0.2) is 0 Å². The molecule has 1 spiro atoms. The molecule has 3 saturated carbocycles. The highest BCUT2D eigenvalue weighted by atomic mass is 32.2. The molecule has 21 heavy (non-hydrogen) atoms. The van der Waals surface area contributed by atoms with Crippen LogP contribution in [-0.4, -0.2) is 48.1 Å². The lowest BCUT2D eigenvalue weighted by Crippen LogP contribution is -2.52. The fourth-order valence-electron chi connectivity index (χ4n) is 6.34. The van der Waals surface area contributed by atoms with Crippen molar-refractivity contribution in [3.8, 4) is 0 Å². The molecule has 4 aliphatic rings. The predicted octanol–water partition coefficient (Wildman–Crippen LogP) is 2.79. The van der Waals surface area contributed by atoms with Crippen LogP contribution >= 0.6 is 11.8 Å². The fourth-order valence-corrected chi connectivity index (χ4v) is 7.54. The second-order valence-corrected chi connectivity index (χ2v) is 9.44. The first-order valence-corrected chi connectivity index (χ1v) is 9.50. The largest absolute Gasteiger partial charge is 0.461 e. The van der Waals surface area contributed by atoms with Gasteiger partial charge in [-0.3, -0.25) is 9.69 Å². The maximum Gasteiger partial charge on any atom is 0.324 e. The Morgan fingerprint density at radius 3 is 2.71 bits per heavy atom. The normalized spacial score (nSPS) is 50.8. The summed E-state index contributed by atoms with van der Waals surface area (Å²) in [6, 6.07) is -0.0336. The van der Waals surface area contributed by atoms with Crippen LogP contribution in [0.3, 0.4) is 0 Å². The molecule has 118 valence electrons. The van der Waals surface area contributed by atoms with Gasteiger partial charge in [0.2, 0.25) is 0 Å². The molecule has 0 aromatic carbocycles. The summed E-state index contributed by atoms with van der Waals surface area (Å²) in [5.41, 5.74) is 1.05. The first-order chi connectivity index (χ1) is 9.86. The minimum atomic E-state index is -0.0336. The zero-order valence-electron chi connectivity index (χ0n) is 13.6. The number of hydrogen-bond donors (Lipinski definition) is 0. The number of thioether (sulfide) groups is 1. The van der Waals surface area contributed by atoms with Crippen molar-refractivity contribution in [1.82, 2.24) is 4.90 Å². The number of carbonyl (C=O) groups is 1. The molecular formula is C17H27NO2S. The number of esters is 1. The number of hydrogen-bond acceptors (Lipinski definition) is 4. The van der Waals surface area contributed by atoms with Gasteiger partial charge < -0.3 is 4.74 Å². The van der Waals surface area contributed by atoms with Gasteiger partial charge >= 0.3 is 5.97 Å². The molecule has 0 aromatic rings. The Balaban J connectivity index is 1.49. The fraction of sp³-hybridized carbons (Fsp3) is 0.941. The Kier molecular flexibility index (Phi) is 2.87. The van der Waals surface area contributed by atoms with Gasteiger partial charge in [0, 0.05) is 23.5 Å². The number of likely N-dealkylation sites (N-methyl/N-ethyl adjacent to an activating group) is 1. The zero-order valence-corrected chi connectivity index (χ0v) is 14.5. The summed E-state index contributed by atoms with van der Waals surface area (Å²) in [5, 5.41) is 0. The highest BCUT2D eigenvalue weighted by molar-refractivity contribution is 7.99. The third kappa shape index (κ3) is 1.45. The van der Waals surface area contributed by atoms with Gasteiger partial charge in [-0.25, -0.2) is 0 Å². The summed E-state index contributed by atoms with van der Waals surface area (Å²) < 4.78 is 6.06. The van der Waals surface area contributed by atoms with Crippen LogP contribution in [0.25, 0.3) is 0 Å². The minimum absolute atomic E-state index is 0.0273. The number of rotatable bonds is 2. The maximum atomic E-state index is 12.6. The molecule has 1 aliphatic heterocycles. The van der Waals surface area contributed by atoms with E-state index in [2.05, 4.69) is 25.7 Å². The van der Waals surface area contributed by atoms with Gasteiger partial charge in [-0.15, -0.1) is 0 Å². The molecule has 5 atom stereocenters. The molecule has 4 rings (SSSR count). The highest BCUT2D eigenvalue weighted by Crippen LogP contribution is 2.92. The average Bonchev–Trinajstić information content (AvgIpc) is 2.69. The van der Waals surface area contributed by atoms with Crippen LogP contribution in [0.1, 0.15) is 40.0 Å². The van der Waals surface area contributed by atoms with Crippen molar-refractivity contribution in [2.75, 3.05) is 25.1 Å². The maximum absolute atomic E-state index is 12.6. The van der Waals surface area contributed by atoms with E-state index in [9.17, 15) is 4.79 Å². The van der Waals surface area contributed by atoms with Gasteiger partial charge in [0.25, 0.3) is 0 Å². The molecule has 3 aliphatic carbocycles. The summed E-state index contributed by atoms with van der Waals surface area (Å²) in [5.74, 6) is 2.84. The van der Waals surface area contributed by atoms with Crippen LogP contribution in [0.5, 0.6) is 0 Å². The van der Waals surface area contributed by atoms with E-state index in [4.69, 9.17) is 4.74 Å². The standard InChI is InChI=1S/C17H27NO2S/c1-15(2)16(3)6-5-11-9-13(17(11,15)16)20-14(19)12-10-21-8-7-18(12)4/h11-13H,5-10H2,1-4H3/t11?,12?,13?,16-,17?/m1/s1. The van der Waals surface area contributed by atoms with Crippen molar-refractivity contribution in [3.05, 3.63) is 0 Å². The second-order valence-electron chi connectivity index (χ2n) is 8.29. The van der Waals surface area contributed by atoms with E-state index in [1.54, 1.807) is 0 Å². The molecule has 3 nitrogen and oxygen atoms in total. The van der Waals surface area contributed by atoms with Crippen LogP contribution in [-0.2, 0) is 9.53 Å². The molecule has 1 saturated heterocycles. The van der Waals surface area contributed by atoms with Gasteiger partial charge in [0.1, 0.15) is 12.1 Å². The van der Waals surface area contributed by atoms with E-state index in [0.29, 0.717) is 16.2 Å². The molecule has 0 N–H and O–H groups in total. The molecule has 0 aromatic heterocycles. The Labute approximate surface area is 132 Å². The van der Waals surface area contributed by atoms with E-state index < -0.39 is 0 Å². The monoisotopic (exact) mass is 309 g/mol. The molecule has 4 fully saturated rings. The van der Waals surface area contributed by atoms with Crippen LogP contribution in [0, 0.1) is 22.2 Å². The van der Waals surface area contributed by atoms with Crippen molar-refractivity contribution in [2.45, 2.75) is 52.2 Å². The highest BCUT2D eigenvalue weighted by Gasteiger charge is 2.91. The third-order valence-corrected chi connectivity index (χ3v) is 8.86. The number of nitrogens with zero attached hydrogens (tertiary/aromatic N) is 1. The zero-order chi connectivity index (χ0) is 15.0. The third-order valence-electron chi connectivity index (χ3n) is 7.83. The molecule has 1 heterocycles. The van der Waals surface area contributed by atoms with Gasteiger partial charge in [-0.05, 0) is 43.1 Å². The van der Waals surface area contributed by atoms with Gasteiger partial charge in [-0.2, -0.15) is 11.8 Å². The molecule has 0 bridgehead atoms. The van der Waals surface area contributed by atoms with E-state index >= 15 is 0 Å². The first-order valence-electron chi connectivity index (χ1n) is 8.35. The Bertz CT molecular complexity index is 493. The smallest absolute Gasteiger partial charge is 0.324 e. The second kappa shape index (κ2) is 4.19. The summed E-state index contributed by atoms with van der Waals surface area (Å²) in [4.78, 5) is 14.8. The molecular weight excluding hydrogens is 282 g/mol. The Morgan fingerprint density at radius 2 is 2.10 bits per heavy atom.